The van der Waals surface area contributed by atoms with E-state index in [9.17, 15) is 14.9 Å². The second-order valence-corrected chi connectivity index (χ2v) is 5.20. The van der Waals surface area contributed by atoms with E-state index in [1.54, 1.807) is 12.1 Å². The van der Waals surface area contributed by atoms with E-state index >= 15 is 0 Å². The van der Waals surface area contributed by atoms with Crippen LogP contribution in [0.15, 0.2) is 42.6 Å². The molecule has 1 heterocycles. The first-order valence-electron chi connectivity index (χ1n) is 7.34. The molecule has 7 nitrogen and oxygen atoms in total. The van der Waals surface area contributed by atoms with Crippen LogP contribution in [0.4, 0.5) is 5.69 Å². The van der Waals surface area contributed by atoms with Crippen molar-refractivity contribution >= 4 is 17.4 Å². The van der Waals surface area contributed by atoms with Crippen LogP contribution in [0.3, 0.4) is 0 Å². The van der Waals surface area contributed by atoms with E-state index in [2.05, 4.69) is 4.98 Å². The number of hydrogen-bond acceptors (Lipinski definition) is 6. The van der Waals surface area contributed by atoms with Crippen LogP contribution in [-0.2, 0) is 16.0 Å². The van der Waals surface area contributed by atoms with Gasteiger partial charge in [0, 0.05) is 30.2 Å². The topological polar surface area (TPSA) is 91.6 Å². The molecule has 2 aromatic rings. The number of fused-ring (bicyclic) bond motifs is 1. The molecule has 3 rings (SSSR count). The molecular formula is C17H14N2O5. The summed E-state index contributed by atoms with van der Waals surface area (Å²) in [7, 11) is 0. The predicted octanol–water partition coefficient (Wildman–Crippen LogP) is 3.63. The van der Waals surface area contributed by atoms with E-state index in [1.165, 1.54) is 19.1 Å². The summed E-state index contributed by atoms with van der Waals surface area (Å²) < 4.78 is 11.0. The average molecular weight is 326 g/mol. The molecule has 0 amide bonds. The third-order valence-electron chi connectivity index (χ3n) is 3.52. The summed E-state index contributed by atoms with van der Waals surface area (Å²) in [6.45, 7) is 1.36. The lowest BCUT2D eigenvalue weighted by molar-refractivity contribution is -0.385. The van der Waals surface area contributed by atoms with Gasteiger partial charge in [-0.05, 0) is 25.0 Å². The van der Waals surface area contributed by atoms with Gasteiger partial charge in [0.2, 0.25) is 5.88 Å². The van der Waals surface area contributed by atoms with Gasteiger partial charge in [-0.15, -0.1) is 0 Å². The summed E-state index contributed by atoms with van der Waals surface area (Å²) in [5, 5.41) is 10.7. The normalized spacial score (nSPS) is 12.8. The zero-order valence-corrected chi connectivity index (χ0v) is 12.9. The van der Waals surface area contributed by atoms with Crippen LogP contribution in [-0.4, -0.2) is 15.9 Å². The van der Waals surface area contributed by atoms with E-state index in [1.807, 2.05) is 12.1 Å². The number of nitrogens with zero attached hydrogens (tertiary/aromatic N) is 2. The molecule has 1 aliphatic carbocycles. The second-order valence-electron chi connectivity index (χ2n) is 5.20. The van der Waals surface area contributed by atoms with E-state index in [0.717, 1.165) is 30.2 Å². The Hall–Kier alpha value is -3.22. The van der Waals surface area contributed by atoms with Gasteiger partial charge >= 0.3 is 5.97 Å². The summed E-state index contributed by atoms with van der Waals surface area (Å²) in [5.41, 5.74) is 1.62. The molecule has 0 bridgehead atoms. The summed E-state index contributed by atoms with van der Waals surface area (Å²) >= 11 is 0. The Balaban J connectivity index is 1.89. The first kappa shape index (κ1) is 15.7. The van der Waals surface area contributed by atoms with E-state index in [0.29, 0.717) is 11.5 Å². The molecule has 1 aromatic heterocycles. The number of ether oxygens (including phenoxy) is 2. The highest BCUT2D eigenvalue weighted by molar-refractivity contribution is 5.78. The van der Waals surface area contributed by atoms with Crippen molar-refractivity contribution in [3.63, 3.8) is 0 Å². The Kier molecular flexibility index (Phi) is 4.24. The van der Waals surface area contributed by atoms with Gasteiger partial charge in [-0.2, -0.15) is 0 Å². The summed E-state index contributed by atoms with van der Waals surface area (Å²) in [4.78, 5) is 25.3. The Bertz CT molecular complexity index is 827. The maximum atomic E-state index is 11.2. The number of hydrogen-bond donors (Lipinski definition) is 0. The molecule has 24 heavy (non-hydrogen) atoms. The molecule has 0 saturated heterocycles. The number of nitro groups is 1. The van der Waals surface area contributed by atoms with Crippen molar-refractivity contribution in [2.45, 2.75) is 19.8 Å². The van der Waals surface area contributed by atoms with Crippen molar-refractivity contribution in [2.24, 2.45) is 0 Å². The minimum Gasteiger partial charge on any atom is -0.439 e. The lowest BCUT2D eigenvalue weighted by Crippen LogP contribution is -2.07. The predicted molar refractivity (Wildman–Crippen MR) is 85.5 cm³/mol. The SMILES string of the molecule is CC(=O)OC1=CCCc2c(Oc3ccc([N+](=O)[O-])cn3)cccc21. The molecule has 0 unspecified atom stereocenters. The first-order chi connectivity index (χ1) is 11.5. The molecule has 1 aromatic carbocycles. The van der Waals surface area contributed by atoms with E-state index in [4.69, 9.17) is 9.47 Å². The Morgan fingerprint density at radius 1 is 1.29 bits per heavy atom. The van der Waals surface area contributed by atoms with Crippen molar-refractivity contribution < 1.29 is 19.2 Å². The molecule has 122 valence electrons. The molecule has 7 heteroatoms. The minimum absolute atomic E-state index is 0.0995. The lowest BCUT2D eigenvalue weighted by Gasteiger charge is -2.19. The smallest absolute Gasteiger partial charge is 0.308 e. The summed E-state index contributed by atoms with van der Waals surface area (Å²) in [6, 6.07) is 8.23. The van der Waals surface area contributed by atoms with Crippen LogP contribution in [0, 0.1) is 10.1 Å². The van der Waals surface area contributed by atoms with Gasteiger partial charge in [0.05, 0.1) is 4.92 Å². The van der Waals surface area contributed by atoms with Crippen molar-refractivity contribution in [2.75, 3.05) is 0 Å². The van der Waals surface area contributed by atoms with Gasteiger partial charge in [-0.3, -0.25) is 14.9 Å². The molecular weight excluding hydrogens is 312 g/mol. The molecule has 0 fully saturated rings. The molecule has 0 atom stereocenters. The highest BCUT2D eigenvalue weighted by Crippen LogP contribution is 2.35. The fourth-order valence-corrected chi connectivity index (χ4v) is 2.51. The Morgan fingerprint density at radius 3 is 2.79 bits per heavy atom. The zero-order valence-electron chi connectivity index (χ0n) is 12.9. The maximum Gasteiger partial charge on any atom is 0.308 e. The molecule has 0 N–H and O–H groups in total. The van der Waals surface area contributed by atoms with Crippen LogP contribution in [0.5, 0.6) is 11.6 Å². The van der Waals surface area contributed by atoms with Crippen molar-refractivity contribution in [3.05, 3.63) is 63.8 Å². The van der Waals surface area contributed by atoms with Crippen LogP contribution in [0.25, 0.3) is 5.76 Å². The Labute approximate surface area is 137 Å². The molecule has 1 aliphatic rings. The van der Waals surface area contributed by atoms with Crippen LogP contribution in [0.2, 0.25) is 0 Å². The Morgan fingerprint density at radius 2 is 2.12 bits per heavy atom. The minimum atomic E-state index is -0.517. The molecule has 0 aliphatic heterocycles. The highest BCUT2D eigenvalue weighted by atomic mass is 16.6. The van der Waals surface area contributed by atoms with Crippen LogP contribution in [0.1, 0.15) is 24.5 Å². The van der Waals surface area contributed by atoms with Gasteiger partial charge in [-0.1, -0.05) is 12.1 Å². The van der Waals surface area contributed by atoms with Gasteiger partial charge in [0.25, 0.3) is 5.69 Å². The number of allylic oxidation sites excluding steroid dienone is 1. The quantitative estimate of drug-likeness (QED) is 0.484. The number of rotatable bonds is 4. The lowest BCUT2D eigenvalue weighted by atomic mass is 9.95. The molecule has 0 saturated carbocycles. The summed E-state index contributed by atoms with van der Waals surface area (Å²) in [5.74, 6) is 0.993. The summed E-state index contributed by atoms with van der Waals surface area (Å²) in [6.07, 6.45) is 4.49. The van der Waals surface area contributed by atoms with Gasteiger partial charge in [-0.25, -0.2) is 4.98 Å². The highest BCUT2D eigenvalue weighted by Gasteiger charge is 2.19. The number of benzene rings is 1. The van der Waals surface area contributed by atoms with Crippen molar-refractivity contribution in [3.8, 4) is 11.6 Å². The van der Waals surface area contributed by atoms with E-state index < -0.39 is 4.92 Å². The average Bonchev–Trinajstić information content (AvgIpc) is 2.56. The van der Waals surface area contributed by atoms with Crippen molar-refractivity contribution in [1.29, 1.82) is 0 Å². The zero-order chi connectivity index (χ0) is 17.1. The number of aromatic nitrogens is 1. The van der Waals surface area contributed by atoms with Gasteiger partial charge in [0.15, 0.2) is 0 Å². The third kappa shape index (κ3) is 3.24. The standard InChI is InChI=1S/C17H14N2O5/c1-11(20)23-15-6-2-5-14-13(15)4-3-7-16(14)24-17-9-8-12(10-18-17)19(21)22/h3-4,6-10H,2,5H2,1H3. The second kappa shape index (κ2) is 6.49. The number of carbonyl (C=O) groups is 1. The van der Waals surface area contributed by atoms with Crippen molar-refractivity contribution in [1.82, 2.24) is 4.98 Å². The van der Waals surface area contributed by atoms with Crippen LogP contribution >= 0.6 is 0 Å². The fourth-order valence-electron chi connectivity index (χ4n) is 2.51. The van der Waals surface area contributed by atoms with Gasteiger partial charge < -0.3 is 9.47 Å². The van der Waals surface area contributed by atoms with E-state index in [-0.39, 0.29) is 17.5 Å². The van der Waals surface area contributed by atoms with Crippen LogP contribution < -0.4 is 4.74 Å². The third-order valence-corrected chi connectivity index (χ3v) is 3.52. The number of carbonyl (C=O) groups excluding carboxylic acids is 1. The van der Waals surface area contributed by atoms with Gasteiger partial charge in [0.1, 0.15) is 17.7 Å². The number of esters is 1. The molecule has 0 spiro atoms. The maximum absolute atomic E-state index is 11.2. The monoisotopic (exact) mass is 326 g/mol. The fraction of sp³-hybridized carbons (Fsp3) is 0.176. The first-order valence-corrected chi connectivity index (χ1v) is 7.34. The number of pyridine rings is 1. The largest absolute Gasteiger partial charge is 0.439 e. The molecule has 0 radical (unpaired) electrons.